The SMILES string of the molecule is COC(=O)CC1CS(=O)(=O)CCN1. The van der Waals surface area contributed by atoms with Gasteiger partial charge in [-0.15, -0.1) is 0 Å². The lowest BCUT2D eigenvalue weighted by Crippen LogP contribution is -2.46. The van der Waals surface area contributed by atoms with Crippen molar-refractivity contribution < 1.29 is 17.9 Å². The number of hydrogen-bond donors (Lipinski definition) is 1. The Balaban J connectivity index is 2.48. The molecule has 1 aliphatic heterocycles. The summed E-state index contributed by atoms with van der Waals surface area (Å²) in [6.07, 6.45) is 0.121. The molecule has 0 amide bonds. The van der Waals surface area contributed by atoms with Gasteiger partial charge < -0.3 is 10.1 Å². The normalized spacial score (nSPS) is 26.7. The zero-order valence-corrected chi connectivity index (χ0v) is 8.26. The van der Waals surface area contributed by atoms with Gasteiger partial charge in [-0.3, -0.25) is 4.79 Å². The van der Waals surface area contributed by atoms with Crippen molar-refractivity contribution in [2.45, 2.75) is 12.5 Å². The van der Waals surface area contributed by atoms with Crippen molar-refractivity contribution in [3.63, 3.8) is 0 Å². The summed E-state index contributed by atoms with van der Waals surface area (Å²) in [5.41, 5.74) is 0. The minimum atomic E-state index is -2.96. The lowest BCUT2D eigenvalue weighted by Gasteiger charge is -2.22. The monoisotopic (exact) mass is 207 g/mol. The molecular weight excluding hydrogens is 194 g/mol. The Morgan fingerprint density at radius 1 is 1.62 bits per heavy atom. The summed E-state index contributed by atoms with van der Waals surface area (Å²) in [6, 6.07) is -0.286. The predicted octanol–water partition coefficient (Wildman–Crippen LogP) is -1.06. The number of methoxy groups -OCH3 is 1. The molecule has 1 atom stereocenters. The van der Waals surface area contributed by atoms with Gasteiger partial charge >= 0.3 is 5.97 Å². The predicted molar refractivity (Wildman–Crippen MR) is 47.1 cm³/mol. The third-order valence-electron chi connectivity index (χ3n) is 1.94. The van der Waals surface area contributed by atoms with E-state index in [1.807, 2.05) is 0 Å². The van der Waals surface area contributed by atoms with E-state index in [-0.39, 0.29) is 29.9 Å². The summed E-state index contributed by atoms with van der Waals surface area (Å²) in [6.45, 7) is 0.421. The first-order valence-electron chi connectivity index (χ1n) is 4.04. The van der Waals surface area contributed by atoms with E-state index in [1.165, 1.54) is 7.11 Å². The van der Waals surface area contributed by atoms with Gasteiger partial charge in [0.1, 0.15) is 0 Å². The highest BCUT2D eigenvalue weighted by Crippen LogP contribution is 2.05. The molecule has 1 heterocycles. The molecule has 0 aromatic carbocycles. The van der Waals surface area contributed by atoms with E-state index in [1.54, 1.807) is 0 Å². The second-order valence-electron chi connectivity index (χ2n) is 3.05. The molecule has 0 aliphatic carbocycles. The van der Waals surface area contributed by atoms with Crippen LogP contribution < -0.4 is 5.32 Å². The minimum Gasteiger partial charge on any atom is -0.469 e. The Morgan fingerprint density at radius 2 is 2.31 bits per heavy atom. The standard InChI is InChI=1S/C7H13NO4S/c1-12-7(9)4-6-5-13(10,11)3-2-8-6/h6,8H,2-5H2,1H3. The number of carbonyl (C=O) groups excluding carboxylic acids is 1. The van der Waals surface area contributed by atoms with Crippen molar-refractivity contribution in [1.82, 2.24) is 5.32 Å². The number of ether oxygens (including phenoxy) is 1. The Bertz CT molecular complexity index is 285. The second-order valence-corrected chi connectivity index (χ2v) is 5.27. The van der Waals surface area contributed by atoms with Crippen LogP contribution in [0.1, 0.15) is 6.42 Å². The molecule has 0 aromatic heterocycles. The molecule has 76 valence electrons. The van der Waals surface area contributed by atoms with Crippen LogP contribution in [0, 0.1) is 0 Å². The molecule has 1 aliphatic rings. The van der Waals surface area contributed by atoms with Crippen molar-refractivity contribution in [3.8, 4) is 0 Å². The fourth-order valence-electron chi connectivity index (χ4n) is 1.28. The zero-order chi connectivity index (χ0) is 9.90. The topological polar surface area (TPSA) is 72.5 Å². The van der Waals surface area contributed by atoms with Crippen molar-refractivity contribution in [1.29, 1.82) is 0 Å². The molecule has 0 radical (unpaired) electrons. The molecule has 0 saturated carbocycles. The van der Waals surface area contributed by atoms with Crippen LogP contribution in [-0.4, -0.2) is 45.6 Å². The van der Waals surface area contributed by atoms with Crippen LogP contribution in [-0.2, 0) is 19.4 Å². The number of carbonyl (C=O) groups is 1. The van der Waals surface area contributed by atoms with Crippen molar-refractivity contribution >= 4 is 15.8 Å². The summed E-state index contributed by atoms with van der Waals surface area (Å²) in [7, 11) is -1.66. The van der Waals surface area contributed by atoms with Crippen LogP contribution >= 0.6 is 0 Å². The molecule has 1 unspecified atom stereocenters. The first kappa shape index (κ1) is 10.5. The van der Waals surface area contributed by atoms with Gasteiger partial charge in [0.25, 0.3) is 0 Å². The summed E-state index contributed by atoms with van der Waals surface area (Å²) >= 11 is 0. The molecule has 1 N–H and O–H groups in total. The van der Waals surface area contributed by atoms with Gasteiger partial charge in [-0.2, -0.15) is 0 Å². The highest BCUT2D eigenvalue weighted by Gasteiger charge is 2.25. The third kappa shape index (κ3) is 3.31. The van der Waals surface area contributed by atoms with Gasteiger partial charge in [0.2, 0.25) is 0 Å². The van der Waals surface area contributed by atoms with Crippen LogP contribution in [0.15, 0.2) is 0 Å². The number of esters is 1. The molecule has 1 saturated heterocycles. The Morgan fingerprint density at radius 3 is 2.85 bits per heavy atom. The van der Waals surface area contributed by atoms with Crippen LogP contribution in [0.2, 0.25) is 0 Å². The van der Waals surface area contributed by atoms with Gasteiger partial charge in [0.05, 0.1) is 25.0 Å². The molecule has 0 aromatic rings. The van der Waals surface area contributed by atoms with Crippen molar-refractivity contribution in [2.75, 3.05) is 25.2 Å². The number of rotatable bonds is 2. The van der Waals surface area contributed by atoms with E-state index in [9.17, 15) is 13.2 Å². The molecule has 0 bridgehead atoms. The Labute approximate surface area is 77.4 Å². The van der Waals surface area contributed by atoms with Crippen LogP contribution in [0.3, 0.4) is 0 Å². The maximum Gasteiger partial charge on any atom is 0.307 e. The molecule has 1 rings (SSSR count). The zero-order valence-electron chi connectivity index (χ0n) is 7.45. The van der Waals surface area contributed by atoms with Gasteiger partial charge in [-0.1, -0.05) is 0 Å². The lowest BCUT2D eigenvalue weighted by molar-refractivity contribution is -0.141. The maximum absolute atomic E-state index is 11.1. The summed E-state index contributed by atoms with van der Waals surface area (Å²) in [5.74, 6) is -0.193. The quantitative estimate of drug-likeness (QED) is 0.584. The van der Waals surface area contributed by atoms with Crippen molar-refractivity contribution in [2.24, 2.45) is 0 Å². The fraction of sp³-hybridized carbons (Fsp3) is 0.857. The summed E-state index contributed by atoms with van der Waals surface area (Å²) in [5, 5.41) is 2.96. The third-order valence-corrected chi connectivity index (χ3v) is 3.68. The Hall–Kier alpha value is -0.620. The highest BCUT2D eigenvalue weighted by atomic mass is 32.2. The molecule has 5 nitrogen and oxygen atoms in total. The molecular formula is C7H13NO4S. The number of hydrogen-bond acceptors (Lipinski definition) is 5. The number of nitrogens with one attached hydrogen (secondary N) is 1. The molecule has 0 spiro atoms. The van der Waals surface area contributed by atoms with E-state index in [0.29, 0.717) is 6.54 Å². The van der Waals surface area contributed by atoms with Gasteiger partial charge in [0.15, 0.2) is 9.84 Å². The Kier molecular flexibility index (Phi) is 3.27. The lowest BCUT2D eigenvalue weighted by atomic mass is 10.2. The second kappa shape index (κ2) is 4.06. The summed E-state index contributed by atoms with van der Waals surface area (Å²) < 4.78 is 26.7. The number of sulfone groups is 1. The van der Waals surface area contributed by atoms with E-state index in [2.05, 4.69) is 10.1 Å². The van der Waals surface area contributed by atoms with E-state index in [4.69, 9.17) is 0 Å². The van der Waals surface area contributed by atoms with Gasteiger partial charge in [0, 0.05) is 12.6 Å². The van der Waals surface area contributed by atoms with E-state index >= 15 is 0 Å². The highest BCUT2D eigenvalue weighted by molar-refractivity contribution is 7.91. The fourth-order valence-corrected chi connectivity index (χ4v) is 2.73. The minimum absolute atomic E-state index is 0.0299. The molecule has 6 heteroatoms. The summed E-state index contributed by atoms with van der Waals surface area (Å²) in [4.78, 5) is 10.8. The van der Waals surface area contributed by atoms with Crippen LogP contribution in [0.5, 0.6) is 0 Å². The first-order valence-corrected chi connectivity index (χ1v) is 5.86. The van der Waals surface area contributed by atoms with E-state index in [0.717, 1.165) is 0 Å². The maximum atomic E-state index is 11.1. The van der Waals surface area contributed by atoms with Gasteiger partial charge in [-0.05, 0) is 0 Å². The largest absolute Gasteiger partial charge is 0.469 e. The van der Waals surface area contributed by atoms with Crippen LogP contribution in [0.4, 0.5) is 0 Å². The molecule has 1 fully saturated rings. The van der Waals surface area contributed by atoms with Crippen LogP contribution in [0.25, 0.3) is 0 Å². The molecule has 13 heavy (non-hydrogen) atoms. The smallest absolute Gasteiger partial charge is 0.307 e. The average molecular weight is 207 g/mol. The van der Waals surface area contributed by atoms with Gasteiger partial charge in [-0.25, -0.2) is 8.42 Å². The van der Waals surface area contributed by atoms with E-state index < -0.39 is 9.84 Å². The average Bonchev–Trinajstić information content (AvgIpc) is 2.02. The first-order chi connectivity index (χ1) is 6.03. The van der Waals surface area contributed by atoms with Crippen molar-refractivity contribution in [3.05, 3.63) is 0 Å².